The number of hydrogen-bond acceptors (Lipinski definition) is 4. The molecule has 1 aliphatic carbocycles. The van der Waals surface area contributed by atoms with Gasteiger partial charge in [-0.3, -0.25) is 0 Å². The SMILES string of the molecule is CCOC(=O)c1ccc(OC2CCC(C)(C)CC2)nc1. The molecule has 0 radical (unpaired) electrons. The van der Waals surface area contributed by atoms with Crippen LogP contribution in [0, 0.1) is 5.41 Å². The van der Waals surface area contributed by atoms with Crippen molar-refractivity contribution in [2.45, 2.75) is 52.6 Å². The highest BCUT2D eigenvalue weighted by Crippen LogP contribution is 2.36. The fourth-order valence-electron chi connectivity index (χ4n) is 2.45. The third-order valence-electron chi connectivity index (χ3n) is 3.82. The molecule has 0 saturated heterocycles. The van der Waals surface area contributed by atoms with Gasteiger partial charge in [0.1, 0.15) is 6.10 Å². The minimum absolute atomic E-state index is 0.240. The second-order valence-corrected chi connectivity index (χ2v) is 6.09. The van der Waals surface area contributed by atoms with E-state index in [4.69, 9.17) is 9.47 Å². The van der Waals surface area contributed by atoms with Crippen molar-refractivity contribution in [3.63, 3.8) is 0 Å². The van der Waals surface area contributed by atoms with Crippen LogP contribution < -0.4 is 4.74 Å². The van der Waals surface area contributed by atoms with Gasteiger partial charge in [0.05, 0.1) is 12.2 Å². The van der Waals surface area contributed by atoms with E-state index in [-0.39, 0.29) is 12.1 Å². The normalized spacial score (nSPS) is 18.6. The Hall–Kier alpha value is -1.58. The van der Waals surface area contributed by atoms with E-state index in [1.807, 2.05) is 0 Å². The van der Waals surface area contributed by atoms with Crippen LogP contribution in [0.4, 0.5) is 0 Å². The summed E-state index contributed by atoms with van der Waals surface area (Å²) >= 11 is 0. The quantitative estimate of drug-likeness (QED) is 0.789. The number of esters is 1. The zero-order valence-electron chi connectivity index (χ0n) is 12.5. The first-order valence-electron chi connectivity index (χ1n) is 7.30. The predicted octanol–water partition coefficient (Wildman–Crippen LogP) is 3.61. The number of carbonyl (C=O) groups is 1. The van der Waals surface area contributed by atoms with Crippen LogP contribution in [0.2, 0.25) is 0 Å². The largest absolute Gasteiger partial charge is 0.474 e. The summed E-state index contributed by atoms with van der Waals surface area (Å²) in [6.07, 6.45) is 6.24. The Morgan fingerprint density at radius 2 is 2.05 bits per heavy atom. The van der Waals surface area contributed by atoms with Gasteiger partial charge in [-0.05, 0) is 44.1 Å². The minimum atomic E-state index is -0.342. The van der Waals surface area contributed by atoms with E-state index < -0.39 is 0 Å². The molecule has 20 heavy (non-hydrogen) atoms. The van der Waals surface area contributed by atoms with Gasteiger partial charge in [0, 0.05) is 12.3 Å². The van der Waals surface area contributed by atoms with Crippen LogP contribution >= 0.6 is 0 Å². The van der Waals surface area contributed by atoms with E-state index in [2.05, 4.69) is 18.8 Å². The first-order valence-corrected chi connectivity index (χ1v) is 7.30. The van der Waals surface area contributed by atoms with Gasteiger partial charge in [0.25, 0.3) is 0 Å². The van der Waals surface area contributed by atoms with Gasteiger partial charge in [-0.1, -0.05) is 13.8 Å². The lowest BCUT2D eigenvalue weighted by molar-refractivity contribution is 0.0525. The van der Waals surface area contributed by atoms with Crippen molar-refractivity contribution in [2.75, 3.05) is 6.61 Å². The van der Waals surface area contributed by atoms with Gasteiger partial charge < -0.3 is 9.47 Å². The van der Waals surface area contributed by atoms with Crippen molar-refractivity contribution < 1.29 is 14.3 Å². The predicted molar refractivity (Wildman–Crippen MR) is 76.9 cm³/mol. The monoisotopic (exact) mass is 277 g/mol. The lowest BCUT2D eigenvalue weighted by Gasteiger charge is -2.34. The van der Waals surface area contributed by atoms with Gasteiger partial charge in [0.15, 0.2) is 0 Å². The first kappa shape index (κ1) is 14.8. The molecule has 0 atom stereocenters. The topological polar surface area (TPSA) is 48.4 Å². The standard InChI is InChI=1S/C16H23NO3/c1-4-19-15(18)12-5-6-14(17-11-12)20-13-7-9-16(2,3)10-8-13/h5-6,11,13H,4,7-10H2,1-3H3. The number of rotatable bonds is 4. The first-order chi connectivity index (χ1) is 9.50. The summed E-state index contributed by atoms with van der Waals surface area (Å²) in [7, 11) is 0. The van der Waals surface area contributed by atoms with Crippen molar-refractivity contribution >= 4 is 5.97 Å². The average molecular weight is 277 g/mol. The molecule has 1 heterocycles. The molecular formula is C16H23NO3. The summed E-state index contributed by atoms with van der Waals surface area (Å²) in [4.78, 5) is 15.7. The summed E-state index contributed by atoms with van der Waals surface area (Å²) in [6, 6.07) is 3.44. The number of pyridine rings is 1. The molecule has 1 aromatic heterocycles. The van der Waals surface area contributed by atoms with Gasteiger partial charge in [-0.15, -0.1) is 0 Å². The number of nitrogens with zero attached hydrogens (tertiary/aromatic N) is 1. The molecule has 0 bridgehead atoms. The lowest BCUT2D eigenvalue weighted by atomic mass is 9.76. The average Bonchev–Trinajstić information content (AvgIpc) is 2.42. The molecule has 1 fully saturated rings. The van der Waals surface area contributed by atoms with Crippen LogP contribution in [-0.4, -0.2) is 23.7 Å². The second-order valence-electron chi connectivity index (χ2n) is 6.09. The van der Waals surface area contributed by atoms with Gasteiger partial charge >= 0.3 is 5.97 Å². The zero-order valence-corrected chi connectivity index (χ0v) is 12.5. The molecule has 0 N–H and O–H groups in total. The molecule has 1 saturated carbocycles. The minimum Gasteiger partial charge on any atom is -0.474 e. The Balaban J connectivity index is 1.90. The molecule has 0 aromatic carbocycles. The van der Waals surface area contributed by atoms with Crippen molar-refractivity contribution in [2.24, 2.45) is 5.41 Å². The third-order valence-corrected chi connectivity index (χ3v) is 3.82. The highest BCUT2D eigenvalue weighted by molar-refractivity contribution is 5.89. The summed E-state index contributed by atoms with van der Waals surface area (Å²) in [5.74, 6) is 0.244. The van der Waals surface area contributed by atoms with Crippen LogP contribution in [0.1, 0.15) is 56.8 Å². The zero-order chi connectivity index (χ0) is 14.6. The number of aromatic nitrogens is 1. The summed E-state index contributed by atoms with van der Waals surface area (Å²) < 4.78 is 10.8. The lowest BCUT2D eigenvalue weighted by Crippen LogP contribution is -2.28. The molecule has 2 rings (SSSR count). The smallest absolute Gasteiger partial charge is 0.339 e. The van der Waals surface area contributed by atoms with E-state index in [9.17, 15) is 4.79 Å². The summed E-state index contributed by atoms with van der Waals surface area (Å²) in [6.45, 7) is 6.76. The second kappa shape index (κ2) is 6.25. The summed E-state index contributed by atoms with van der Waals surface area (Å²) in [5.41, 5.74) is 0.894. The molecule has 1 aromatic rings. The van der Waals surface area contributed by atoms with Crippen molar-refractivity contribution in [1.82, 2.24) is 4.98 Å². The maximum absolute atomic E-state index is 11.5. The molecule has 0 spiro atoms. The number of carbonyl (C=O) groups excluding carboxylic acids is 1. The Bertz CT molecular complexity index is 443. The Morgan fingerprint density at radius 1 is 1.35 bits per heavy atom. The molecule has 0 amide bonds. The number of ether oxygens (including phenoxy) is 2. The molecule has 110 valence electrons. The third kappa shape index (κ3) is 3.95. The Labute approximate surface area is 120 Å². The van der Waals surface area contributed by atoms with Crippen LogP contribution in [0.5, 0.6) is 5.88 Å². The molecule has 4 heteroatoms. The fraction of sp³-hybridized carbons (Fsp3) is 0.625. The van der Waals surface area contributed by atoms with E-state index in [0.29, 0.717) is 23.5 Å². The van der Waals surface area contributed by atoms with Crippen LogP contribution in [0.3, 0.4) is 0 Å². The van der Waals surface area contributed by atoms with Crippen LogP contribution in [0.25, 0.3) is 0 Å². The van der Waals surface area contributed by atoms with E-state index >= 15 is 0 Å². The molecule has 4 nitrogen and oxygen atoms in total. The van der Waals surface area contributed by atoms with Gasteiger partial charge in [0.2, 0.25) is 5.88 Å². The van der Waals surface area contributed by atoms with Crippen LogP contribution in [0.15, 0.2) is 18.3 Å². The molecule has 0 unspecified atom stereocenters. The maximum atomic E-state index is 11.5. The number of hydrogen-bond donors (Lipinski definition) is 0. The highest BCUT2D eigenvalue weighted by Gasteiger charge is 2.27. The molecule has 0 aliphatic heterocycles. The highest BCUT2D eigenvalue weighted by atomic mass is 16.5. The van der Waals surface area contributed by atoms with E-state index in [0.717, 1.165) is 12.8 Å². The van der Waals surface area contributed by atoms with Gasteiger partial charge in [-0.25, -0.2) is 9.78 Å². The Kier molecular flexibility index (Phi) is 4.63. The van der Waals surface area contributed by atoms with Crippen molar-refractivity contribution in [3.05, 3.63) is 23.9 Å². The molecular weight excluding hydrogens is 254 g/mol. The van der Waals surface area contributed by atoms with Gasteiger partial charge in [-0.2, -0.15) is 0 Å². The van der Waals surface area contributed by atoms with Crippen LogP contribution in [-0.2, 0) is 4.74 Å². The fourth-order valence-corrected chi connectivity index (χ4v) is 2.45. The maximum Gasteiger partial charge on any atom is 0.339 e. The molecule has 1 aliphatic rings. The summed E-state index contributed by atoms with van der Waals surface area (Å²) in [5, 5.41) is 0. The van der Waals surface area contributed by atoms with Crippen molar-refractivity contribution in [3.8, 4) is 5.88 Å². The van der Waals surface area contributed by atoms with Crippen molar-refractivity contribution in [1.29, 1.82) is 0 Å². The van der Waals surface area contributed by atoms with E-state index in [1.165, 1.54) is 19.0 Å². The van der Waals surface area contributed by atoms with E-state index in [1.54, 1.807) is 19.1 Å². The Morgan fingerprint density at radius 3 is 2.60 bits per heavy atom.